The molecule has 26 heavy (non-hydrogen) atoms. The number of benzene rings is 2. The number of H-pyrrole nitrogens is 1. The predicted molar refractivity (Wildman–Crippen MR) is 96.8 cm³/mol. The molecular formula is C17H11ClF2N4OS. The molecule has 0 fully saturated rings. The van der Waals surface area contributed by atoms with Gasteiger partial charge in [0.15, 0.2) is 5.65 Å². The Hall–Kier alpha value is -2.45. The van der Waals surface area contributed by atoms with Crippen LogP contribution in [0.5, 0.6) is 5.75 Å². The highest BCUT2D eigenvalue weighted by Crippen LogP contribution is 2.30. The summed E-state index contributed by atoms with van der Waals surface area (Å²) in [6.45, 7) is -2.90. The number of rotatable bonds is 5. The van der Waals surface area contributed by atoms with E-state index in [0.29, 0.717) is 32.7 Å². The molecule has 0 unspecified atom stereocenters. The van der Waals surface area contributed by atoms with Crippen molar-refractivity contribution in [1.82, 2.24) is 20.2 Å². The van der Waals surface area contributed by atoms with Gasteiger partial charge in [-0.15, -0.1) is 10.2 Å². The molecule has 2 heterocycles. The standard InChI is InChI=1S/C17H11ClF2N4OS/c18-10-5-6-13(25-16(19)20)9(7-10)8-26-17-22-15-14(23-24-17)11-3-1-2-4-12(11)21-15/h1-7,16H,8H2,(H,21,22,24). The molecule has 0 atom stereocenters. The lowest BCUT2D eigenvalue weighted by atomic mass is 10.2. The zero-order chi connectivity index (χ0) is 18.1. The Kier molecular flexibility index (Phi) is 4.60. The van der Waals surface area contributed by atoms with Gasteiger partial charge in [0.05, 0.1) is 0 Å². The van der Waals surface area contributed by atoms with E-state index >= 15 is 0 Å². The fraction of sp³-hybridized carbons (Fsp3) is 0.118. The normalized spacial score (nSPS) is 11.5. The minimum atomic E-state index is -2.90. The van der Waals surface area contributed by atoms with Gasteiger partial charge in [0.25, 0.3) is 0 Å². The minimum absolute atomic E-state index is 0.0801. The Morgan fingerprint density at radius 3 is 2.85 bits per heavy atom. The number of fused-ring (bicyclic) bond motifs is 3. The van der Waals surface area contributed by atoms with E-state index in [1.807, 2.05) is 24.3 Å². The SMILES string of the molecule is FC(F)Oc1ccc(Cl)cc1CSc1nnc2c(n1)[nH]c1ccccc12. The molecular weight excluding hydrogens is 382 g/mol. The second kappa shape index (κ2) is 7.05. The van der Waals surface area contributed by atoms with Gasteiger partial charge >= 0.3 is 6.61 Å². The van der Waals surface area contributed by atoms with Crippen molar-refractivity contribution in [1.29, 1.82) is 0 Å². The van der Waals surface area contributed by atoms with E-state index in [2.05, 4.69) is 24.9 Å². The van der Waals surface area contributed by atoms with E-state index in [-0.39, 0.29) is 5.75 Å². The van der Waals surface area contributed by atoms with Crippen LogP contribution in [0.25, 0.3) is 22.1 Å². The predicted octanol–water partition coefficient (Wildman–Crippen LogP) is 5.05. The number of aromatic nitrogens is 4. The second-order valence-corrected chi connectivity index (χ2v) is 6.76. The molecule has 2 aromatic heterocycles. The first-order valence-corrected chi connectivity index (χ1v) is 8.93. The van der Waals surface area contributed by atoms with Crippen LogP contribution in [0.15, 0.2) is 47.6 Å². The monoisotopic (exact) mass is 392 g/mol. The number of aromatic amines is 1. The van der Waals surface area contributed by atoms with Crippen LogP contribution in [0, 0.1) is 0 Å². The Bertz CT molecular complexity index is 1090. The fourth-order valence-electron chi connectivity index (χ4n) is 2.58. The molecule has 5 nitrogen and oxygen atoms in total. The molecule has 132 valence electrons. The first-order chi connectivity index (χ1) is 12.6. The van der Waals surface area contributed by atoms with Crippen molar-refractivity contribution in [2.24, 2.45) is 0 Å². The smallest absolute Gasteiger partial charge is 0.387 e. The number of para-hydroxylation sites is 1. The van der Waals surface area contributed by atoms with Crippen molar-refractivity contribution in [2.45, 2.75) is 17.5 Å². The summed E-state index contributed by atoms with van der Waals surface area (Å²) in [4.78, 5) is 7.64. The Morgan fingerprint density at radius 1 is 1.15 bits per heavy atom. The maximum absolute atomic E-state index is 12.5. The summed E-state index contributed by atoms with van der Waals surface area (Å²) in [5.41, 5.74) is 2.77. The zero-order valence-electron chi connectivity index (χ0n) is 13.1. The average Bonchev–Trinajstić information content (AvgIpc) is 2.99. The van der Waals surface area contributed by atoms with Crippen LogP contribution in [-0.4, -0.2) is 26.8 Å². The molecule has 4 rings (SSSR count). The molecule has 0 aliphatic heterocycles. The summed E-state index contributed by atoms with van der Waals surface area (Å²) in [5.74, 6) is 0.396. The van der Waals surface area contributed by atoms with E-state index in [4.69, 9.17) is 11.6 Å². The van der Waals surface area contributed by atoms with Gasteiger partial charge < -0.3 is 9.72 Å². The molecule has 0 saturated heterocycles. The molecule has 4 aromatic rings. The van der Waals surface area contributed by atoms with Crippen molar-refractivity contribution in [3.63, 3.8) is 0 Å². The highest BCUT2D eigenvalue weighted by atomic mass is 35.5. The van der Waals surface area contributed by atoms with E-state index < -0.39 is 6.61 Å². The van der Waals surface area contributed by atoms with Gasteiger partial charge in [0.1, 0.15) is 11.3 Å². The third-order valence-corrected chi connectivity index (χ3v) is 4.82. The highest BCUT2D eigenvalue weighted by molar-refractivity contribution is 7.98. The van der Waals surface area contributed by atoms with Crippen molar-refractivity contribution in [3.8, 4) is 5.75 Å². The molecule has 1 N–H and O–H groups in total. The lowest BCUT2D eigenvalue weighted by Gasteiger charge is -2.10. The van der Waals surface area contributed by atoms with Gasteiger partial charge in [0, 0.05) is 27.2 Å². The molecule has 0 spiro atoms. The summed E-state index contributed by atoms with van der Waals surface area (Å²) in [7, 11) is 0. The molecule has 0 aliphatic rings. The summed E-state index contributed by atoms with van der Waals surface area (Å²) >= 11 is 7.22. The van der Waals surface area contributed by atoms with Crippen LogP contribution in [0.4, 0.5) is 8.78 Å². The molecule has 0 amide bonds. The van der Waals surface area contributed by atoms with Gasteiger partial charge in [-0.3, -0.25) is 0 Å². The van der Waals surface area contributed by atoms with Gasteiger partial charge in [0.2, 0.25) is 5.16 Å². The summed E-state index contributed by atoms with van der Waals surface area (Å²) < 4.78 is 29.6. The third kappa shape index (κ3) is 3.42. The van der Waals surface area contributed by atoms with Crippen molar-refractivity contribution >= 4 is 45.4 Å². The maximum atomic E-state index is 12.5. The number of nitrogens with zero attached hydrogens (tertiary/aromatic N) is 3. The van der Waals surface area contributed by atoms with Crippen LogP contribution >= 0.6 is 23.4 Å². The quantitative estimate of drug-likeness (QED) is 0.481. The van der Waals surface area contributed by atoms with E-state index in [1.54, 1.807) is 6.07 Å². The Labute approximate surface area is 155 Å². The fourth-order valence-corrected chi connectivity index (χ4v) is 3.54. The molecule has 0 radical (unpaired) electrons. The largest absolute Gasteiger partial charge is 0.435 e. The van der Waals surface area contributed by atoms with Gasteiger partial charge in [-0.25, -0.2) is 4.98 Å². The summed E-state index contributed by atoms with van der Waals surface area (Å²) in [6, 6.07) is 12.2. The average molecular weight is 393 g/mol. The third-order valence-electron chi connectivity index (χ3n) is 3.70. The van der Waals surface area contributed by atoms with E-state index in [9.17, 15) is 8.78 Å². The number of hydrogen-bond acceptors (Lipinski definition) is 5. The topological polar surface area (TPSA) is 63.7 Å². The summed E-state index contributed by atoms with van der Waals surface area (Å²) in [5, 5.41) is 10.2. The Morgan fingerprint density at radius 2 is 2.00 bits per heavy atom. The van der Waals surface area contributed by atoms with Gasteiger partial charge in [-0.2, -0.15) is 8.78 Å². The van der Waals surface area contributed by atoms with E-state index in [0.717, 1.165) is 10.9 Å². The summed E-state index contributed by atoms with van der Waals surface area (Å²) in [6.07, 6.45) is 0. The number of hydrogen-bond donors (Lipinski definition) is 1. The van der Waals surface area contributed by atoms with Gasteiger partial charge in [-0.1, -0.05) is 41.6 Å². The number of nitrogens with one attached hydrogen (secondary N) is 1. The first kappa shape index (κ1) is 17.0. The lowest BCUT2D eigenvalue weighted by molar-refractivity contribution is -0.0503. The van der Waals surface area contributed by atoms with Crippen LogP contribution < -0.4 is 4.74 Å². The van der Waals surface area contributed by atoms with Crippen molar-refractivity contribution in [3.05, 3.63) is 53.1 Å². The highest BCUT2D eigenvalue weighted by Gasteiger charge is 2.13. The van der Waals surface area contributed by atoms with Gasteiger partial charge in [-0.05, 0) is 24.3 Å². The van der Waals surface area contributed by atoms with Crippen LogP contribution in [0.2, 0.25) is 5.02 Å². The van der Waals surface area contributed by atoms with Crippen molar-refractivity contribution < 1.29 is 13.5 Å². The first-order valence-electron chi connectivity index (χ1n) is 7.57. The van der Waals surface area contributed by atoms with Crippen LogP contribution in [-0.2, 0) is 5.75 Å². The number of halogens is 3. The molecule has 2 aromatic carbocycles. The molecule has 0 saturated carbocycles. The lowest BCUT2D eigenvalue weighted by Crippen LogP contribution is -2.04. The molecule has 9 heteroatoms. The molecule has 0 bridgehead atoms. The van der Waals surface area contributed by atoms with Crippen LogP contribution in [0.3, 0.4) is 0 Å². The minimum Gasteiger partial charge on any atom is -0.435 e. The van der Waals surface area contributed by atoms with Crippen LogP contribution in [0.1, 0.15) is 5.56 Å². The zero-order valence-corrected chi connectivity index (χ0v) is 14.7. The van der Waals surface area contributed by atoms with E-state index in [1.165, 1.54) is 23.9 Å². The number of alkyl halides is 2. The number of ether oxygens (including phenoxy) is 1. The second-order valence-electron chi connectivity index (χ2n) is 5.38. The van der Waals surface area contributed by atoms with Crippen molar-refractivity contribution in [2.75, 3.05) is 0 Å². The number of thioether (sulfide) groups is 1. The molecule has 0 aliphatic carbocycles. The Balaban J connectivity index is 1.60. The maximum Gasteiger partial charge on any atom is 0.387 e.